The lowest BCUT2D eigenvalue weighted by atomic mass is 10.1. The summed E-state index contributed by atoms with van der Waals surface area (Å²) in [6.45, 7) is 0. The fourth-order valence-electron chi connectivity index (χ4n) is 3.08. The minimum Gasteiger partial charge on any atom is -0.322 e. The fraction of sp³-hybridized carbons (Fsp3) is 0.0909. The average Bonchev–Trinajstić information content (AvgIpc) is 3.11. The lowest BCUT2D eigenvalue weighted by Crippen LogP contribution is -2.27. The van der Waals surface area contributed by atoms with Gasteiger partial charge in [-0.1, -0.05) is 30.3 Å². The number of hydrogen-bond donors (Lipinski definition) is 1. The molecule has 3 aromatic carbocycles. The van der Waals surface area contributed by atoms with Gasteiger partial charge < -0.3 is 5.32 Å². The standard InChI is InChI=1S/C22H17FN2O2S/c23-17-8-12-19(13-9-17)25-20(26)14-28-22(25)16-6-10-18(11-7-16)24-21(27)15-4-2-1-3-5-15/h1-13,22H,14H2,(H,24,27)/t22-/m1/s1. The van der Waals surface area contributed by atoms with Crippen LogP contribution in [0.3, 0.4) is 0 Å². The van der Waals surface area contributed by atoms with Gasteiger partial charge in [0, 0.05) is 16.9 Å². The smallest absolute Gasteiger partial charge is 0.255 e. The number of carbonyl (C=O) groups excluding carboxylic acids is 2. The summed E-state index contributed by atoms with van der Waals surface area (Å²) < 4.78 is 13.2. The van der Waals surface area contributed by atoms with Gasteiger partial charge in [0.05, 0.1) is 5.75 Å². The van der Waals surface area contributed by atoms with Crippen molar-refractivity contribution < 1.29 is 14.0 Å². The molecule has 4 nitrogen and oxygen atoms in total. The van der Waals surface area contributed by atoms with Gasteiger partial charge in [-0.25, -0.2) is 4.39 Å². The van der Waals surface area contributed by atoms with E-state index in [0.29, 0.717) is 22.7 Å². The van der Waals surface area contributed by atoms with E-state index in [4.69, 9.17) is 0 Å². The molecule has 0 bridgehead atoms. The normalized spacial score (nSPS) is 16.2. The number of rotatable bonds is 4. The third-order valence-corrected chi connectivity index (χ3v) is 5.67. The van der Waals surface area contributed by atoms with Crippen LogP contribution in [0.15, 0.2) is 78.9 Å². The van der Waals surface area contributed by atoms with E-state index >= 15 is 0 Å². The third kappa shape index (κ3) is 3.77. The van der Waals surface area contributed by atoms with Crippen molar-refractivity contribution in [3.8, 4) is 0 Å². The van der Waals surface area contributed by atoms with E-state index in [-0.39, 0.29) is 23.0 Å². The summed E-state index contributed by atoms with van der Waals surface area (Å²) in [5.41, 5.74) is 2.88. The predicted octanol–water partition coefficient (Wildman–Crippen LogP) is 4.86. The van der Waals surface area contributed by atoms with Crippen LogP contribution in [0, 0.1) is 5.82 Å². The van der Waals surface area contributed by atoms with Gasteiger partial charge in [0.2, 0.25) is 5.91 Å². The highest BCUT2D eigenvalue weighted by Gasteiger charge is 2.34. The number of anilines is 2. The summed E-state index contributed by atoms with van der Waals surface area (Å²) in [5.74, 6) is -0.151. The van der Waals surface area contributed by atoms with Crippen LogP contribution < -0.4 is 10.2 Å². The molecule has 1 fully saturated rings. The maximum atomic E-state index is 13.2. The van der Waals surface area contributed by atoms with Crippen molar-refractivity contribution in [3.05, 3.63) is 95.8 Å². The van der Waals surface area contributed by atoms with Crippen molar-refractivity contribution in [3.63, 3.8) is 0 Å². The maximum Gasteiger partial charge on any atom is 0.255 e. The summed E-state index contributed by atoms with van der Waals surface area (Å²) >= 11 is 1.52. The largest absolute Gasteiger partial charge is 0.322 e. The number of carbonyl (C=O) groups is 2. The van der Waals surface area contributed by atoms with Gasteiger partial charge in [-0.3, -0.25) is 14.5 Å². The second-order valence-corrected chi connectivity index (χ2v) is 7.41. The number of thioether (sulfide) groups is 1. The third-order valence-electron chi connectivity index (χ3n) is 4.46. The molecule has 28 heavy (non-hydrogen) atoms. The Hall–Kier alpha value is -3.12. The monoisotopic (exact) mass is 392 g/mol. The van der Waals surface area contributed by atoms with Crippen LogP contribution >= 0.6 is 11.8 Å². The first-order chi connectivity index (χ1) is 13.6. The van der Waals surface area contributed by atoms with E-state index in [9.17, 15) is 14.0 Å². The highest BCUT2D eigenvalue weighted by molar-refractivity contribution is 8.00. The van der Waals surface area contributed by atoms with Crippen LogP contribution in [-0.2, 0) is 4.79 Å². The molecule has 1 aliphatic rings. The Morgan fingerprint density at radius 3 is 2.32 bits per heavy atom. The Labute approximate surface area is 166 Å². The molecule has 140 valence electrons. The van der Waals surface area contributed by atoms with E-state index in [1.165, 1.54) is 23.9 Å². The van der Waals surface area contributed by atoms with Gasteiger partial charge in [-0.05, 0) is 54.1 Å². The predicted molar refractivity (Wildman–Crippen MR) is 110 cm³/mol. The highest BCUT2D eigenvalue weighted by atomic mass is 32.2. The van der Waals surface area contributed by atoms with Crippen LogP contribution in [0.5, 0.6) is 0 Å². The fourth-order valence-corrected chi connectivity index (χ4v) is 4.25. The second kappa shape index (κ2) is 7.86. The molecule has 4 rings (SSSR count). The molecule has 0 spiro atoms. The van der Waals surface area contributed by atoms with E-state index in [2.05, 4.69) is 5.32 Å². The Kier molecular flexibility index (Phi) is 5.12. The average molecular weight is 392 g/mol. The molecule has 1 aliphatic heterocycles. The van der Waals surface area contributed by atoms with Crippen molar-refractivity contribution in [2.75, 3.05) is 16.0 Å². The molecule has 0 saturated carbocycles. The van der Waals surface area contributed by atoms with Gasteiger partial charge in [0.1, 0.15) is 11.2 Å². The van der Waals surface area contributed by atoms with Crippen molar-refractivity contribution in [2.24, 2.45) is 0 Å². The molecule has 0 radical (unpaired) electrons. The Balaban J connectivity index is 1.52. The molecular weight excluding hydrogens is 375 g/mol. The molecule has 0 aliphatic carbocycles. The summed E-state index contributed by atoms with van der Waals surface area (Å²) in [6, 6.07) is 22.4. The molecule has 0 unspecified atom stereocenters. The van der Waals surface area contributed by atoms with E-state index in [1.807, 2.05) is 42.5 Å². The zero-order valence-electron chi connectivity index (χ0n) is 14.8. The number of amides is 2. The van der Waals surface area contributed by atoms with Gasteiger partial charge in [0.25, 0.3) is 5.91 Å². The Bertz CT molecular complexity index is 991. The number of halogens is 1. The van der Waals surface area contributed by atoms with Crippen molar-refractivity contribution >= 4 is 35.0 Å². The van der Waals surface area contributed by atoms with Crippen LogP contribution in [0.2, 0.25) is 0 Å². The summed E-state index contributed by atoms with van der Waals surface area (Å²) in [5, 5.41) is 2.68. The van der Waals surface area contributed by atoms with Gasteiger partial charge in [0.15, 0.2) is 0 Å². The lowest BCUT2D eigenvalue weighted by Gasteiger charge is -2.24. The van der Waals surface area contributed by atoms with Crippen molar-refractivity contribution in [1.82, 2.24) is 0 Å². The quantitative estimate of drug-likeness (QED) is 0.690. The Morgan fingerprint density at radius 1 is 0.964 bits per heavy atom. The first-order valence-corrected chi connectivity index (χ1v) is 9.82. The molecule has 1 saturated heterocycles. The van der Waals surface area contributed by atoms with E-state index in [0.717, 1.165) is 5.56 Å². The lowest BCUT2D eigenvalue weighted by molar-refractivity contribution is -0.115. The SMILES string of the molecule is O=C(Nc1ccc([C@H]2SCC(=O)N2c2ccc(F)cc2)cc1)c1ccccc1. The summed E-state index contributed by atoms with van der Waals surface area (Å²) in [4.78, 5) is 26.3. The first kappa shape index (κ1) is 18.3. The zero-order valence-corrected chi connectivity index (χ0v) is 15.7. The molecule has 1 heterocycles. The van der Waals surface area contributed by atoms with Crippen LogP contribution in [0.4, 0.5) is 15.8 Å². The molecule has 0 aromatic heterocycles. The van der Waals surface area contributed by atoms with Gasteiger partial charge >= 0.3 is 0 Å². The Morgan fingerprint density at radius 2 is 1.64 bits per heavy atom. The molecule has 6 heteroatoms. The van der Waals surface area contributed by atoms with Crippen molar-refractivity contribution in [2.45, 2.75) is 5.37 Å². The van der Waals surface area contributed by atoms with Crippen LogP contribution in [0.1, 0.15) is 21.3 Å². The van der Waals surface area contributed by atoms with Crippen LogP contribution in [0.25, 0.3) is 0 Å². The number of nitrogens with one attached hydrogen (secondary N) is 1. The number of benzene rings is 3. The molecular formula is C22H17FN2O2S. The van der Waals surface area contributed by atoms with Gasteiger partial charge in [-0.15, -0.1) is 11.8 Å². The topological polar surface area (TPSA) is 49.4 Å². The molecule has 2 amide bonds. The van der Waals surface area contributed by atoms with E-state index < -0.39 is 0 Å². The second-order valence-electron chi connectivity index (χ2n) is 6.35. The van der Waals surface area contributed by atoms with Crippen molar-refractivity contribution in [1.29, 1.82) is 0 Å². The maximum absolute atomic E-state index is 13.2. The first-order valence-electron chi connectivity index (χ1n) is 8.77. The molecule has 1 atom stereocenters. The number of hydrogen-bond acceptors (Lipinski definition) is 3. The van der Waals surface area contributed by atoms with E-state index in [1.54, 1.807) is 29.2 Å². The molecule has 1 N–H and O–H groups in total. The zero-order chi connectivity index (χ0) is 19.5. The minimum atomic E-state index is -0.335. The van der Waals surface area contributed by atoms with Crippen LogP contribution in [-0.4, -0.2) is 17.6 Å². The molecule has 3 aromatic rings. The van der Waals surface area contributed by atoms with Gasteiger partial charge in [-0.2, -0.15) is 0 Å². The summed E-state index contributed by atoms with van der Waals surface area (Å²) in [6.07, 6.45) is 0. The highest BCUT2D eigenvalue weighted by Crippen LogP contribution is 2.41. The summed E-state index contributed by atoms with van der Waals surface area (Å²) in [7, 11) is 0. The minimum absolute atomic E-state index is 0.0111. The number of nitrogens with zero attached hydrogens (tertiary/aromatic N) is 1.